The normalized spacial score (nSPS) is 16.0. The van der Waals surface area contributed by atoms with Crippen LogP contribution in [0.4, 0.5) is 5.69 Å². The fourth-order valence-electron chi connectivity index (χ4n) is 2.68. The molecule has 0 aliphatic carbocycles. The van der Waals surface area contributed by atoms with Gasteiger partial charge in [0.25, 0.3) is 0 Å². The summed E-state index contributed by atoms with van der Waals surface area (Å²) in [4.78, 5) is 14.3. The molecule has 1 aromatic carbocycles. The molecule has 0 unspecified atom stereocenters. The Bertz CT molecular complexity index is 510. The Kier molecular flexibility index (Phi) is 8.98. The Labute approximate surface area is 158 Å². The SMILES string of the molecule is CNCC1CCN(CC(=O)Nc2c(Cl)cc(Cl)cc2Cl)CC1.Cl. The second-order valence-electron chi connectivity index (χ2n) is 5.57. The Hall–Kier alpha value is -0.230. The van der Waals surface area contributed by atoms with E-state index in [0.29, 0.717) is 33.2 Å². The van der Waals surface area contributed by atoms with Crippen LogP contribution in [0, 0.1) is 5.92 Å². The maximum atomic E-state index is 12.2. The van der Waals surface area contributed by atoms with E-state index in [1.807, 2.05) is 7.05 Å². The molecule has 1 saturated heterocycles. The number of anilines is 1. The van der Waals surface area contributed by atoms with Gasteiger partial charge >= 0.3 is 0 Å². The zero-order valence-electron chi connectivity index (χ0n) is 12.9. The van der Waals surface area contributed by atoms with Crippen LogP contribution in [-0.4, -0.2) is 44.0 Å². The summed E-state index contributed by atoms with van der Waals surface area (Å²) in [5.74, 6) is 0.586. The van der Waals surface area contributed by atoms with Crippen LogP contribution in [0.5, 0.6) is 0 Å². The number of hydrogen-bond acceptors (Lipinski definition) is 3. The second kappa shape index (κ2) is 9.92. The van der Waals surface area contributed by atoms with Gasteiger partial charge in [-0.25, -0.2) is 0 Å². The van der Waals surface area contributed by atoms with Crippen molar-refractivity contribution in [1.82, 2.24) is 10.2 Å². The highest BCUT2D eigenvalue weighted by molar-refractivity contribution is 6.42. The van der Waals surface area contributed by atoms with E-state index in [2.05, 4.69) is 15.5 Å². The monoisotopic (exact) mass is 399 g/mol. The number of piperidine rings is 1. The Morgan fingerprint density at radius 3 is 2.30 bits per heavy atom. The third kappa shape index (κ3) is 6.29. The third-order valence-electron chi connectivity index (χ3n) is 3.84. The van der Waals surface area contributed by atoms with Gasteiger partial charge in [0.1, 0.15) is 0 Å². The fraction of sp³-hybridized carbons (Fsp3) is 0.533. The van der Waals surface area contributed by atoms with Crippen LogP contribution in [0.25, 0.3) is 0 Å². The fourth-order valence-corrected chi connectivity index (χ4v) is 3.59. The molecule has 1 heterocycles. The minimum atomic E-state index is -0.113. The molecule has 2 N–H and O–H groups in total. The number of likely N-dealkylation sites (tertiary alicyclic amines) is 1. The molecule has 0 aromatic heterocycles. The zero-order valence-corrected chi connectivity index (χ0v) is 16.0. The van der Waals surface area contributed by atoms with E-state index in [1.165, 1.54) is 0 Å². The van der Waals surface area contributed by atoms with Gasteiger partial charge in [-0.1, -0.05) is 34.8 Å². The number of benzene rings is 1. The first-order chi connectivity index (χ1) is 10.5. The van der Waals surface area contributed by atoms with Gasteiger partial charge in [-0.3, -0.25) is 9.69 Å². The van der Waals surface area contributed by atoms with Crippen molar-refractivity contribution in [3.05, 3.63) is 27.2 Å². The van der Waals surface area contributed by atoms with E-state index in [0.717, 1.165) is 32.5 Å². The molecule has 1 amide bonds. The lowest BCUT2D eigenvalue weighted by Gasteiger charge is -2.31. The minimum absolute atomic E-state index is 0. The largest absolute Gasteiger partial charge is 0.322 e. The topological polar surface area (TPSA) is 44.4 Å². The number of carbonyl (C=O) groups excluding carboxylic acids is 1. The van der Waals surface area contributed by atoms with Crippen molar-refractivity contribution in [2.45, 2.75) is 12.8 Å². The molecule has 0 bridgehead atoms. The third-order valence-corrected chi connectivity index (χ3v) is 4.65. The Morgan fingerprint density at radius 1 is 1.22 bits per heavy atom. The van der Waals surface area contributed by atoms with Crippen LogP contribution in [-0.2, 0) is 4.79 Å². The van der Waals surface area contributed by atoms with Gasteiger partial charge in [0.05, 0.1) is 22.3 Å². The molecule has 0 spiro atoms. The highest BCUT2D eigenvalue weighted by Gasteiger charge is 2.21. The summed E-state index contributed by atoms with van der Waals surface area (Å²) in [7, 11) is 1.97. The molecule has 23 heavy (non-hydrogen) atoms. The lowest BCUT2D eigenvalue weighted by atomic mass is 9.97. The average molecular weight is 401 g/mol. The van der Waals surface area contributed by atoms with Gasteiger partial charge in [0, 0.05) is 5.02 Å². The molecule has 0 atom stereocenters. The van der Waals surface area contributed by atoms with Crippen molar-refractivity contribution in [3.63, 3.8) is 0 Å². The number of hydrogen-bond donors (Lipinski definition) is 2. The smallest absolute Gasteiger partial charge is 0.238 e. The maximum absolute atomic E-state index is 12.2. The number of carbonyl (C=O) groups is 1. The molecule has 1 aliphatic rings. The van der Waals surface area contributed by atoms with Crippen LogP contribution in [0.1, 0.15) is 12.8 Å². The Balaban J connectivity index is 0.00000264. The van der Waals surface area contributed by atoms with Crippen LogP contribution in [0.3, 0.4) is 0 Å². The summed E-state index contributed by atoms with van der Waals surface area (Å²) < 4.78 is 0. The number of rotatable bonds is 5. The average Bonchev–Trinajstić information content (AvgIpc) is 2.45. The summed E-state index contributed by atoms with van der Waals surface area (Å²) >= 11 is 18.0. The first kappa shape index (κ1) is 20.8. The van der Waals surface area contributed by atoms with Gasteiger partial charge < -0.3 is 10.6 Å². The van der Waals surface area contributed by atoms with Crippen molar-refractivity contribution in [1.29, 1.82) is 0 Å². The van der Waals surface area contributed by atoms with Crippen molar-refractivity contribution in [2.24, 2.45) is 5.92 Å². The van der Waals surface area contributed by atoms with Crippen LogP contribution >= 0.6 is 47.2 Å². The molecule has 130 valence electrons. The molecule has 0 saturated carbocycles. The summed E-state index contributed by atoms with van der Waals surface area (Å²) in [6.45, 7) is 3.25. The van der Waals surface area contributed by atoms with Crippen LogP contribution in [0.15, 0.2) is 12.1 Å². The summed E-state index contributed by atoms with van der Waals surface area (Å²) in [5.41, 5.74) is 0.419. The van der Waals surface area contributed by atoms with E-state index in [-0.39, 0.29) is 18.3 Å². The molecule has 8 heteroatoms. The summed E-state index contributed by atoms with van der Waals surface area (Å²) in [6, 6.07) is 3.13. The molecule has 1 fully saturated rings. The lowest BCUT2D eigenvalue weighted by molar-refractivity contribution is -0.117. The van der Waals surface area contributed by atoms with Crippen LogP contribution < -0.4 is 10.6 Å². The van der Waals surface area contributed by atoms with Crippen molar-refractivity contribution in [2.75, 3.05) is 38.5 Å². The van der Waals surface area contributed by atoms with Crippen molar-refractivity contribution in [3.8, 4) is 0 Å². The van der Waals surface area contributed by atoms with E-state index >= 15 is 0 Å². The molecule has 1 aromatic rings. The standard InChI is InChI=1S/C15H20Cl3N3O.ClH/c1-19-8-10-2-4-21(5-3-10)9-14(22)20-15-12(17)6-11(16)7-13(15)18;/h6-7,10,19H,2-5,8-9H2,1H3,(H,20,22);1H. The Morgan fingerprint density at radius 2 is 1.78 bits per heavy atom. The maximum Gasteiger partial charge on any atom is 0.238 e. The second-order valence-corrected chi connectivity index (χ2v) is 6.82. The van der Waals surface area contributed by atoms with Gasteiger partial charge in [-0.2, -0.15) is 0 Å². The first-order valence-corrected chi connectivity index (χ1v) is 8.44. The van der Waals surface area contributed by atoms with Crippen molar-refractivity contribution < 1.29 is 4.79 Å². The predicted octanol–water partition coefficient (Wildman–Crippen LogP) is 3.94. The molecule has 4 nitrogen and oxygen atoms in total. The summed E-state index contributed by atoms with van der Waals surface area (Å²) in [5, 5.41) is 7.11. The number of amides is 1. The first-order valence-electron chi connectivity index (χ1n) is 7.31. The number of nitrogens with zero attached hydrogens (tertiary/aromatic N) is 1. The quantitative estimate of drug-likeness (QED) is 0.786. The van der Waals surface area contributed by atoms with Crippen molar-refractivity contribution >= 4 is 58.8 Å². The van der Waals surface area contributed by atoms with E-state index in [9.17, 15) is 4.79 Å². The van der Waals surface area contributed by atoms with E-state index in [1.54, 1.807) is 12.1 Å². The molecule has 1 aliphatic heterocycles. The molecular weight excluding hydrogens is 380 g/mol. The minimum Gasteiger partial charge on any atom is -0.322 e. The zero-order chi connectivity index (χ0) is 16.1. The number of nitrogens with one attached hydrogen (secondary N) is 2. The van der Waals surface area contributed by atoms with Crippen LogP contribution in [0.2, 0.25) is 15.1 Å². The van der Waals surface area contributed by atoms with E-state index < -0.39 is 0 Å². The van der Waals surface area contributed by atoms with Gasteiger partial charge in [0.2, 0.25) is 5.91 Å². The number of halogens is 4. The van der Waals surface area contributed by atoms with Gasteiger partial charge in [-0.05, 0) is 57.6 Å². The van der Waals surface area contributed by atoms with Gasteiger partial charge in [-0.15, -0.1) is 12.4 Å². The molecule has 0 radical (unpaired) electrons. The van der Waals surface area contributed by atoms with Gasteiger partial charge in [0.15, 0.2) is 0 Å². The lowest BCUT2D eigenvalue weighted by Crippen LogP contribution is -2.40. The molecule has 2 rings (SSSR count). The highest BCUT2D eigenvalue weighted by Crippen LogP contribution is 2.33. The summed E-state index contributed by atoms with van der Waals surface area (Å²) in [6.07, 6.45) is 2.22. The van der Waals surface area contributed by atoms with E-state index in [4.69, 9.17) is 34.8 Å². The molecular formula is C15H21Cl4N3O. The highest BCUT2D eigenvalue weighted by atomic mass is 35.5. The predicted molar refractivity (Wildman–Crippen MR) is 100 cm³/mol.